The number of methoxy groups -OCH3 is 2. The molecule has 1 N–H and O–H groups in total. The Morgan fingerprint density at radius 1 is 0.971 bits per heavy atom. The molecule has 9 nitrogen and oxygen atoms in total. The van der Waals surface area contributed by atoms with Crippen molar-refractivity contribution < 1.29 is 33.3 Å². The van der Waals surface area contributed by atoms with Crippen molar-refractivity contribution in [1.29, 1.82) is 0 Å². The van der Waals surface area contributed by atoms with Crippen LogP contribution in [0.5, 0.6) is 11.5 Å². The van der Waals surface area contributed by atoms with Crippen LogP contribution in [0.1, 0.15) is 40.1 Å². The molecule has 1 fully saturated rings. The van der Waals surface area contributed by atoms with Crippen molar-refractivity contribution >= 4 is 17.8 Å². The smallest absolute Gasteiger partial charge is 0.343 e. The van der Waals surface area contributed by atoms with Gasteiger partial charge in [0, 0.05) is 30.8 Å². The van der Waals surface area contributed by atoms with E-state index < -0.39 is 5.97 Å². The van der Waals surface area contributed by atoms with Gasteiger partial charge in [0.1, 0.15) is 0 Å². The quantitative estimate of drug-likeness (QED) is 0.591. The second kappa shape index (κ2) is 11.5. The molecule has 0 saturated carbocycles. The van der Waals surface area contributed by atoms with Crippen molar-refractivity contribution in [2.75, 3.05) is 33.9 Å². The van der Waals surface area contributed by atoms with Crippen molar-refractivity contribution in [3.05, 3.63) is 59.2 Å². The highest BCUT2D eigenvalue weighted by atomic mass is 16.6. The van der Waals surface area contributed by atoms with E-state index in [1.807, 2.05) is 30.9 Å². The Kier molecular flexibility index (Phi) is 8.48. The van der Waals surface area contributed by atoms with E-state index in [0.29, 0.717) is 42.3 Å². The molecule has 0 aromatic heterocycles. The molecule has 1 heterocycles. The fourth-order valence-electron chi connectivity index (χ4n) is 3.70. The number of hydrogen-bond donors (Lipinski definition) is 1. The lowest BCUT2D eigenvalue weighted by Gasteiger charge is -2.35. The van der Waals surface area contributed by atoms with Crippen LogP contribution in [0.25, 0.3) is 0 Å². The van der Waals surface area contributed by atoms with Gasteiger partial charge in [0.05, 0.1) is 26.4 Å². The van der Waals surface area contributed by atoms with Crippen LogP contribution in [0.15, 0.2) is 42.5 Å². The number of nitrogens with zero attached hydrogens (tertiary/aromatic N) is 1. The average molecular weight is 471 g/mol. The van der Waals surface area contributed by atoms with E-state index in [-0.39, 0.29) is 30.6 Å². The Labute approximate surface area is 198 Å². The summed E-state index contributed by atoms with van der Waals surface area (Å²) in [5, 5.41) is 2.85. The Bertz CT molecular complexity index is 1010. The van der Waals surface area contributed by atoms with Crippen LogP contribution in [0.4, 0.5) is 0 Å². The molecule has 1 saturated heterocycles. The fourth-order valence-corrected chi connectivity index (χ4v) is 3.70. The SMILES string of the molecule is COC(=O)COc1ccc(C(=O)NCc2ccc(C(=O)N3CC(C)OC(C)C3)cc2)cc1OC. The van der Waals surface area contributed by atoms with Gasteiger partial charge in [0.2, 0.25) is 0 Å². The van der Waals surface area contributed by atoms with Crippen LogP contribution >= 0.6 is 0 Å². The number of ether oxygens (including phenoxy) is 4. The second-order valence-corrected chi connectivity index (χ2v) is 8.08. The maximum atomic E-state index is 12.8. The highest BCUT2D eigenvalue weighted by molar-refractivity contribution is 5.95. The zero-order valence-corrected chi connectivity index (χ0v) is 19.8. The second-order valence-electron chi connectivity index (χ2n) is 8.08. The maximum absolute atomic E-state index is 12.8. The van der Waals surface area contributed by atoms with Crippen LogP contribution in [0.3, 0.4) is 0 Å². The molecule has 1 aliphatic heterocycles. The first kappa shape index (κ1) is 25.0. The van der Waals surface area contributed by atoms with E-state index in [9.17, 15) is 14.4 Å². The molecule has 0 radical (unpaired) electrons. The average Bonchev–Trinajstić information content (AvgIpc) is 2.84. The Morgan fingerprint density at radius 2 is 1.62 bits per heavy atom. The predicted molar refractivity (Wildman–Crippen MR) is 124 cm³/mol. The molecule has 2 atom stereocenters. The van der Waals surface area contributed by atoms with E-state index in [1.165, 1.54) is 20.3 Å². The lowest BCUT2D eigenvalue weighted by atomic mass is 10.1. The molecule has 0 spiro atoms. The van der Waals surface area contributed by atoms with E-state index >= 15 is 0 Å². The maximum Gasteiger partial charge on any atom is 0.343 e. The summed E-state index contributed by atoms with van der Waals surface area (Å²) in [6.07, 6.45) is 0.0172. The van der Waals surface area contributed by atoms with Crippen molar-refractivity contribution in [1.82, 2.24) is 10.2 Å². The molecule has 0 bridgehead atoms. The third kappa shape index (κ3) is 6.48. The largest absolute Gasteiger partial charge is 0.493 e. The number of carbonyl (C=O) groups excluding carboxylic acids is 3. The third-order valence-corrected chi connectivity index (χ3v) is 5.36. The molecule has 182 valence electrons. The van der Waals surface area contributed by atoms with Gasteiger partial charge in [0.15, 0.2) is 18.1 Å². The Balaban J connectivity index is 1.57. The number of esters is 1. The summed E-state index contributed by atoms with van der Waals surface area (Å²) >= 11 is 0. The van der Waals surface area contributed by atoms with Gasteiger partial charge in [-0.15, -0.1) is 0 Å². The van der Waals surface area contributed by atoms with Crippen molar-refractivity contribution in [2.45, 2.75) is 32.6 Å². The number of morpholine rings is 1. The van der Waals surface area contributed by atoms with Gasteiger partial charge in [-0.3, -0.25) is 9.59 Å². The predicted octanol–water partition coefficient (Wildman–Crippen LogP) is 2.43. The molecule has 1 aliphatic rings. The number of nitrogens with one attached hydrogen (secondary N) is 1. The third-order valence-electron chi connectivity index (χ3n) is 5.36. The summed E-state index contributed by atoms with van der Waals surface area (Å²) in [6.45, 7) is 5.08. The zero-order valence-electron chi connectivity index (χ0n) is 19.8. The van der Waals surface area contributed by atoms with Gasteiger partial charge in [-0.1, -0.05) is 12.1 Å². The van der Waals surface area contributed by atoms with E-state index in [2.05, 4.69) is 10.1 Å². The van der Waals surface area contributed by atoms with Crippen molar-refractivity contribution in [3.8, 4) is 11.5 Å². The minimum Gasteiger partial charge on any atom is -0.493 e. The van der Waals surface area contributed by atoms with Crippen molar-refractivity contribution in [2.24, 2.45) is 0 Å². The summed E-state index contributed by atoms with van der Waals surface area (Å²) in [4.78, 5) is 38.5. The van der Waals surface area contributed by atoms with Crippen molar-refractivity contribution in [3.63, 3.8) is 0 Å². The number of benzene rings is 2. The molecule has 34 heavy (non-hydrogen) atoms. The minimum absolute atomic E-state index is 0.00860. The summed E-state index contributed by atoms with van der Waals surface area (Å²) in [6, 6.07) is 11.9. The molecular weight excluding hydrogens is 440 g/mol. The minimum atomic E-state index is -0.523. The van der Waals surface area contributed by atoms with Crippen LogP contribution in [-0.2, 0) is 20.8 Å². The molecule has 0 aliphatic carbocycles. The summed E-state index contributed by atoms with van der Waals surface area (Å²) in [5.41, 5.74) is 1.84. The topological polar surface area (TPSA) is 103 Å². The first-order chi connectivity index (χ1) is 16.3. The molecule has 2 amide bonds. The lowest BCUT2D eigenvalue weighted by Crippen LogP contribution is -2.48. The molecule has 2 aromatic carbocycles. The Hall–Kier alpha value is -3.59. The summed E-state index contributed by atoms with van der Waals surface area (Å²) < 4.78 is 20.9. The van der Waals surface area contributed by atoms with Gasteiger partial charge in [-0.05, 0) is 49.7 Å². The molecule has 2 aromatic rings. The fraction of sp³-hybridized carbons (Fsp3) is 0.400. The van der Waals surface area contributed by atoms with Gasteiger partial charge in [-0.25, -0.2) is 4.79 Å². The van der Waals surface area contributed by atoms with Crippen LogP contribution in [-0.4, -0.2) is 68.8 Å². The number of amides is 2. The highest BCUT2D eigenvalue weighted by Gasteiger charge is 2.26. The molecule has 2 unspecified atom stereocenters. The monoisotopic (exact) mass is 470 g/mol. The van der Waals surface area contributed by atoms with Gasteiger partial charge >= 0.3 is 5.97 Å². The number of rotatable bonds is 8. The molecule has 9 heteroatoms. The summed E-state index contributed by atoms with van der Waals surface area (Å²) in [7, 11) is 2.72. The van der Waals surface area contributed by atoms with Gasteiger partial charge < -0.3 is 29.2 Å². The van der Waals surface area contributed by atoms with Crippen LogP contribution < -0.4 is 14.8 Å². The number of carbonyl (C=O) groups is 3. The Morgan fingerprint density at radius 3 is 2.24 bits per heavy atom. The van der Waals surface area contributed by atoms with E-state index in [1.54, 1.807) is 24.3 Å². The highest BCUT2D eigenvalue weighted by Crippen LogP contribution is 2.28. The molecule has 3 rings (SSSR count). The van der Waals surface area contributed by atoms with Crippen LogP contribution in [0, 0.1) is 0 Å². The van der Waals surface area contributed by atoms with Crippen LogP contribution in [0.2, 0.25) is 0 Å². The summed E-state index contributed by atoms with van der Waals surface area (Å²) in [5.74, 6) is -0.195. The van der Waals surface area contributed by atoms with Gasteiger partial charge in [-0.2, -0.15) is 0 Å². The first-order valence-corrected chi connectivity index (χ1v) is 11.0. The van der Waals surface area contributed by atoms with E-state index in [4.69, 9.17) is 14.2 Å². The zero-order chi connectivity index (χ0) is 24.7. The number of hydrogen-bond acceptors (Lipinski definition) is 7. The normalized spacial score (nSPS) is 17.6. The molecular formula is C25H30N2O7. The lowest BCUT2D eigenvalue weighted by molar-refractivity contribution is -0.142. The van der Waals surface area contributed by atoms with E-state index in [0.717, 1.165) is 5.56 Å². The standard InChI is InChI=1S/C25H30N2O7/c1-16-13-27(14-17(2)34-16)25(30)19-7-5-18(6-8-19)12-26-24(29)20-9-10-21(22(11-20)31-3)33-15-23(28)32-4/h5-11,16-17H,12-15H2,1-4H3,(H,26,29). The van der Waals surface area contributed by atoms with Gasteiger partial charge in [0.25, 0.3) is 11.8 Å². The first-order valence-electron chi connectivity index (χ1n) is 11.0.